The number of carboxylic acid groups (broad SMARTS) is 2. The summed E-state index contributed by atoms with van der Waals surface area (Å²) in [5, 5.41) is 20.5. The van der Waals surface area contributed by atoms with E-state index in [0.29, 0.717) is 34.6 Å². The van der Waals surface area contributed by atoms with Crippen LogP contribution in [0.1, 0.15) is 17.3 Å². The molecule has 8 nitrogen and oxygen atoms in total. The quantitative estimate of drug-likeness (QED) is 0.580. The van der Waals surface area contributed by atoms with Gasteiger partial charge in [-0.3, -0.25) is 24.4 Å². The zero-order valence-corrected chi connectivity index (χ0v) is 17.6. The monoisotopic (exact) mass is 442 g/mol. The van der Waals surface area contributed by atoms with Crippen LogP contribution in [-0.4, -0.2) is 67.7 Å². The molecule has 1 unspecified atom stereocenters. The summed E-state index contributed by atoms with van der Waals surface area (Å²) in [6.45, 7) is 3.08. The van der Waals surface area contributed by atoms with Crippen molar-refractivity contribution in [2.45, 2.75) is 19.1 Å². The molecule has 3 aromatic rings. The number of carboxylic acids is 2. The first-order valence-corrected chi connectivity index (χ1v) is 10.4. The summed E-state index contributed by atoms with van der Waals surface area (Å²) < 4.78 is 1.55. The average Bonchev–Trinajstić information content (AvgIpc) is 3.06. The fourth-order valence-electron chi connectivity index (χ4n) is 4.17. The third kappa shape index (κ3) is 4.71. The lowest BCUT2D eigenvalue weighted by Crippen LogP contribution is -2.48. The Hall–Kier alpha value is -2.94. The first kappa shape index (κ1) is 21.3. The Morgan fingerprint density at radius 2 is 1.87 bits per heavy atom. The van der Waals surface area contributed by atoms with E-state index in [-0.39, 0.29) is 6.54 Å². The van der Waals surface area contributed by atoms with E-state index in [1.54, 1.807) is 35.2 Å². The van der Waals surface area contributed by atoms with Gasteiger partial charge in [0.25, 0.3) is 0 Å². The van der Waals surface area contributed by atoms with Crippen LogP contribution in [-0.2, 0) is 22.7 Å². The number of pyridine rings is 1. The lowest BCUT2D eigenvalue weighted by atomic mass is 10.0. The summed E-state index contributed by atoms with van der Waals surface area (Å²) in [5.74, 6) is -1.96. The molecular formula is C22H23ClN4O4. The lowest BCUT2D eigenvalue weighted by Gasteiger charge is -2.37. The normalized spacial score (nSPS) is 16.4. The highest BCUT2D eigenvalue weighted by atomic mass is 35.5. The van der Waals surface area contributed by atoms with Crippen molar-refractivity contribution in [2.75, 3.05) is 26.2 Å². The van der Waals surface area contributed by atoms with Gasteiger partial charge in [-0.25, -0.2) is 0 Å². The Bertz CT molecular complexity index is 1090. The number of hydrogen-bond donors (Lipinski definition) is 2. The molecule has 3 heterocycles. The highest BCUT2D eigenvalue weighted by Gasteiger charge is 2.33. The molecule has 4 rings (SSSR count). The number of rotatable bonds is 7. The molecule has 0 radical (unpaired) electrons. The minimum Gasteiger partial charge on any atom is -0.480 e. The van der Waals surface area contributed by atoms with Gasteiger partial charge >= 0.3 is 11.9 Å². The van der Waals surface area contributed by atoms with Crippen LogP contribution in [0.15, 0.2) is 48.8 Å². The molecule has 162 valence electrons. The molecule has 2 aromatic heterocycles. The number of piperazine rings is 1. The van der Waals surface area contributed by atoms with Gasteiger partial charge in [0, 0.05) is 61.1 Å². The minimum atomic E-state index is -1.00. The third-order valence-corrected chi connectivity index (χ3v) is 5.83. The molecule has 2 N–H and O–H groups in total. The predicted molar refractivity (Wildman–Crippen MR) is 116 cm³/mol. The maximum absolute atomic E-state index is 12.3. The second kappa shape index (κ2) is 9.05. The molecule has 0 saturated carbocycles. The molecule has 0 spiro atoms. The fraction of sp³-hybridized carbons (Fsp3) is 0.318. The number of benzene rings is 1. The van der Waals surface area contributed by atoms with Crippen LogP contribution < -0.4 is 0 Å². The van der Waals surface area contributed by atoms with Crippen LogP contribution in [0, 0.1) is 0 Å². The molecule has 1 aliphatic heterocycles. The van der Waals surface area contributed by atoms with Crippen molar-refractivity contribution in [3.63, 3.8) is 0 Å². The molecule has 1 aromatic carbocycles. The van der Waals surface area contributed by atoms with Gasteiger partial charge in [0.1, 0.15) is 12.6 Å². The van der Waals surface area contributed by atoms with Gasteiger partial charge in [-0.2, -0.15) is 0 Å². The Labute approximate surface area is 184 Å². The Kier molecular flexibility index (Phi) is 6.22. The molecule has 1 saturated heterocycles. The van der Waals surface area contributed by atoms with Gasteiger partial charge in [0.15, 0.2) is 0 Å². The van der Waals surface area contributed by atoms with Gasteiger partial charge in [0.2, 0.25) is 0 Å². The van der Waals surface area contributed by atoms with Gasteiger partial charge in [-0.1, -0.05) is 23.7 Å². The summed E-state index contributed by atoms with van der Waals surface area (Å²) >= 11 is 6.11. The average molecular weight is 443 g/mol. The smallest absolute Gasteiger partial charge is 0.325 e. The molecule has 9 heteroatoms. The highest BCUT2D eigenvalue weighted by molar-refractivity contribution is 6.31. The number of aromatic nitrogens is 2. The molecule has 1 fully saturated rings. The van der Waals surface area contributed by atoms with Crippen LogP contribution in [0.5, 0.6) is 0 Å². The number of hydrogen-bond acceptors (Lipinski definition) is 5. The van der Waals surface area contributed by atoms with Crippen molar-refractivity contribution in [3.05, 3.63) is 65.1 Å². The molecule has 0 bridgehead atoms. The number of carbonyl (C=O) groups is 2. The van der Waals surface area contributed by atoms with Crippen molar-refractivity contribution in [1.29, 1.82) is 0 Å². The number of fused-ring (bicyclic) bond motifs is 1. The van der Waals surface area contributed by atoms with E-state index in [2.05, 4.69) is 9.88 Å². The van der Waals surface area contributed by atoms with E-state index in [9.17, 15) is 19.8 Å². The Balaban J connectivity index is 1.58. The molecule has 0 aliphatic carbocycles. The van der Waals surface area contributed by atoms with Crippen molar-refractivity contribution in [3.8, 4) is 0 Å². The molecule has 0 amide bonds. The Morgan fingerprint density at radius 3 is 2.52 bits per heavy atom. The summed E-state index contributed by atoms with van der Waals surface area (Å²) in [7, 11) is 0. The van der Waals surface area contributed by atoms with Crippen LogP contribution in [0.2, 0.25) is 5.02 Å². The van der Waals surface area contributed by atoms with E-state index < -0.39 is 18.0 Å². The van der Waals surface area contributed by atoms with Crippen LogP contribution in [0.3, 0.4) is 0 Å². The SMILES string of the molecule is O=C(O)Cn1cc(C(C(=O)O)N2CCN(Cc3ccccn3)CC2)c2ccc(Cl)cc21. The van der Waals surface area contributed by atoms with E-state index in [1.165, 1.54) is 0 Å². The van der Waals surface area contributed by atoms with Gasteiger partial charge in [-0.15, -0.1) is 0 Å². The summed E-state index contributed by atoms with van der Waals surface area (Å²) in [6, 6.07) is 10.1. The number of halogens is 1. The zero-order valence-electron chi connectivity index (χ0n) is 16.8. The van der Waals surface area contributed by atoms with Gasteiger partial charge in [-0.05, 0) is 24.3 Å². The van der Waals surface area contributed by atoms with Crippen molar-refractivity contribution in [2.24, 2.45) is 0 Å². The predicted octanol–water partition coefficient (Wildman–Crippen LogP) is 2.72. The maximum atomic E-state index is 12.3. The van der Waals surface area contributed by atoms with Crippen LogP contribution in [0.4, 0.5) is 0 Å². The minimum absolute atomic E-state index is 0.263. The second-order valence-corrected chi connectivity index (χ2v) is 8.08. The zero-order chi connectivity index (χ0) is 22.0. The Morgan fingerprint density at radius 1 is 1.10 bits per heavy atom. The summed E-state index contributed by atoms with van der Waals surface area (Å²) in [4.78, 5) is 32.2. The third-order valence-electron chi connectivity index (χ3n) is 5.59. The first-order valence-electron chi connectivity index (χ1n) is 10.0. The molecule has 1 aliphatic rings. The second-order valence-electron chi connectivity index (χ2n) is 7.64. The fourth-order valence-corrected chi connectivity index (χ4v) is 4.34. The van der Waals surface area contributed by atoms with Crippen molar-refractivity contribution >= 4 is 34.4 Å². The van der Waals surface area contributed by atoms with Crippen LogP contribution in [0.25, 0.3) is 10.9 Å². The highest BCUT2D eigenvalue weighted by Crippen LogP contribution is 2.33. The number of aliphatic carboxylic acids is 2. The molecular weight excluding hydrogens is 420 g/mol. The van der Waals surface area contributed by atoms with E-state index >= 15 is 0 Å². The lowest BCUT2D eigenvalue weighted by molar-refractivity contribution is -0.144. The maximum Gasteiger partial charge on any atom is 0.325 e. The van der Waals surface area contributed by atoms with Gasteiger partial charge < -0.3 is 14.8 Å². The van der Waals surface area contributed by atoms with Crippen LogP contribution >= 0.6 is 11.6 Å². The summed E-state index contributed by atoms with van der Waals surface area (Å²) in [5.41, 5.74) is 2.18. The first-order chi connectivity index (χ1) is 14.9. The van der Waals surface area contributed by atoms with E-state index in [1.807, 2.05) is 23.1 Å². The van der Waals surface area contributed by atoms with E-state index in [0.717, 1.165) is 25.3 Å². The molecule has 31 heavy (non-hydrogen) atoms. The van der Waals surface area contributed by atoms with Gasteiger partial charge in [0.05, 0.1) is 11.2 Å². The van der Waals surface area contributed by atoms with Crippen molar-refractivity contribution in [1.82, 2.24) is 19.4 Å². The molecule has 1 atom stereocenters. The standard InChI is InChI=1S/C22H23ClN4O4/c23-15-4-5-17-18(13-27(14-20(28)29)19(17)11-15)21(22(30)31)26-9-7-25(8-10-26)12-16-3-1-2-6-24-16/h1-6,11,13,21H,7-10,12,14H2,(H,28,29)(H,30,31). The topological polar surface area (TPSA) is 98.9 Å². The van der Waals surface area contributed by atoms with E-state index in [4.69, 9.17) is 11.6 Å². The van der Waals surface area contributed by atoms with Crippen molar-refractivity contribution < 1.29 is 19.8 Å². The largest absolute Gasteiger partial charge is 0.480 e. The summed E-state index contributed by atoms with van der Waals surface area (Å²) in [6.07, 6.45) is 3.40. The number of nitrogens with zero attached hydrogens (tertiary/aromatic N) is 4.